The van der Waals surface area contributed by atoms with Crippen LogP contribution in [-0.4, -0.2) is 42.1 Å². The largest absolute Gasteiger partial charge is 0.472 e. The standard InChI is InChI=1S/C16H22N2O3/c19-16(17-13-1-2-13)14-7-12-3-5-18(9-15(12)21-14)8-11-4-6-20-10-11/h4,6,10,12-15H,1-3,5,7-9H2,(H,17,19)/t12-,14+,15+/m1/s1. The fourth-order valence-corrected chi connectivity index (χ4v) is 3.47. The lowest BCUT2D eigenvalue weighted by molar-refractivity contribution is -0.133. The van der Waals surface area contributed by atoms with E-state index in [9.17, 15) is 4.79 Å². The molecule has 0 bridgehead atoms. The Morgan fingerprint density at radius 2 is 2.29 bits per heavy atom. The fourth-order valence-electron chi connectivity index (χ4n) is 3.47. The Hall–Kier alpha value is -1.33. The van der Waals surface area contributed by atoms with E-state index in [2.05, 4.69) is 10.2 Å². The van der Waals surface area contributed by atoms with Crippen molar-refractivity contribution in [3.8, 4) is 0 Å². The number of nitrogens with zero attached hydrogens (tertiary/aromatic N) is 1. The number of likely N-dealkylation sites (tertiary alicyclic amines) is 1. The van der Waals surface area contributed by atoms with Crippen molar-refractivity contribution in [1.29, 1.82) is 0 Å². The van der Waals surface area contributed by atoms with Gasteiger partial charge in [-0.05, 0) is 44.2 Å². The molecule has 5 nitrogen and oxygen atoms in total. The normalized spacial score (nSPS) is 32.9. The smallest absolute Gasteiger partial charge is 0.249 e. The lowest BCUT2D eigenvalue weighted by Gasteiger charge is -2.33. The molecule has 1 aliphatic carbocycles. The second-order valence-corrected chi connectivity index (χ2v) is 6.60. The average Bonchev–Trinajstić information content (AvgIpc) is 3.00. The third kappa shape index (κ3) is 2.99. The van der Waals surface area contributed by atoms with Gasteiger partial charge in [0.1, 0.15) is 6.10 Å². The van der Waals surface area contributed by atoms with Crippen LogP contribution in [0.3, 0.4) is 0 Å². The molecule has 0 spiro atoms. The molecular weight excluding hydrogens is 268 g/mol. The third-order valence-corrected chi connectivity index (χ3v) is 4.84. The zero-order valence-electron chi connectivity index (χ0n) is 12.2. The molecule has 1 aromatic heterocycles. The summed E-state index contributed by atoms with van der Waals surface area (Å²) in [4.78, 5) is 14.5. The van der Waals surface area contributed by atoms with Gasteiger partial charge in [-0.1, -0.05) is 0 Å². The van der Waals surface area contributed by atoms with E-state index >= 15 is 0 Å². The molecule has 3 aliphatic rings. The van der Waals surface area contributed by atoms with E-state index < -0.39 is 0 Å². The Labute approximate surface area is 124 Å². The molecule has 1 amide bonds. The summed E-state index contributed by atoms with van der Waals surface area (Å²) in [5.41, 5.74) is 1.20. The van der Waals surface area contributed by atoms with E-state index in [0.29, 0.717) is 12.0 Å². The minimum absolute atomic E-state index is 0.105. The second-order valence-electron chi connectivity index (χ2n) is 6.60. The van der Waals surface area contributed by atoms with Crippen molar-refractivity contribution in [2.24, 2.45) is 5.92 Å². The van der Waals surface area contributed by atoms with Gasteiger partial charge in [0.15, 0.2) is 0 Å². The molecule has 2 aliphatic heterocycles. The van der Waals surface area contributed by atoms with Crippen LogP contribution in [0.15, 0.2) is 23.0 Å². The maximum absolute atomic E-state index is 12.1. The van der Waals surface area contributed by atoms with E-state index in [1.54, 1.807) is 12.5 Å². The summed E-state index contributed by atoms with van der Waals surface area (Å²) in [5.74, 6) is 0.647. The van der Waals surface area contributed by atoms with Crippen molar-refractivity contribution in [1.82, 2.24) is 10.2 Å². The molecule has 3 fully saturated rings. The number of hydrogen-bond donors (Lipinski definition) is 1. The van der Waals surface area contributed by atoms with Crippen LogP contribution in [0, 0.1) is 5.92 Å². The van der Waals surface area contributed by atoms with E-state index in [4.69, 9.17) is 9.15 Å². The van der Waals surface area contributed by atoms with Crippen molar-refractivity contribution >= 4 is 5.91 Å². The van der Waals surface area contributed by atoms with Gasteiger partial charge in [0.05, 0.1) is 18.6 Å². The van der Waals surface area contributed by atoms with Crippen LogP contribution in [0.1, 0.15) is 31.2 Å². The molecule has 1 N–H and O–H groups in total. The summed E-state index contributed by atoms with van der Waals surface area (Å²) in [6.45, 7) is 2.90. The fraction of sp³-hybridized carbons (Fsp3) is 0.688. The quantitative estimate of drug-likeness (QED) is 0.914. The van der Waals surface area contributed by atoms with E-state index in [-0.39, 0.29) is 18.1 Å². The highest BCUT2D eigenvalue weighted by Crippen LogP contribution is 2.34. The van der Waals surface area contributed by atoms with Crippen LogP contribution >= 0.6 is 0 Å². The summed E-state index contributed by atoms with van der Waals surface area (Å²) in [6, 6.07) is 2.43. The molecule has 5 heteroatoms. The monoisotopic (exact) mass is 290 g/mol. The number of hydrogen-bond acceptors (Lipinski definition) is 4. The van der Waals surface area contributed by atoms with Crippen LogP contribution in [0.4, 0.5) is 0 Å². The van der Waals surface area contributed by atoms with E-state index in [0.717, 1.165) is 45.3 Å². The van der Waals surface area contributed by atoms with Crippen molar-refractivity contribution in [3.63, 3.8) is 0 Å². The summed E-state index contributed by atoms with van der Waals surface area (Å²) < 4.78 is 11.2. The number of fused-ring (bicyclic) bond motifs is 1. The van der Waals surface area contributed by atoms with Crippen molar-refractivity contribution < 1.29 is 13.9 Å². The minimum Gasteiger partial charge on any atom is -0.472 e. The number of carbonyl (C=O) groups excluding carboxylic acids is 1. The Kier molecular flexibility index (Phi) is 3.47. The molecule has 2 saturated heterocycles. The van der Waals surface area contributed by atoms with E-state index in [1.165, 1.54) is 5.56 Å². The Morgan fingerprint density at radius 1 is 1.38 bits per heavy atom. The first-order valence-corrected chi connectivity index (χ1v) is 7.97. The second kappa shape index (κ2) is 5.46. The molecule has 3 heterocycles. The first-order valence-electron chi connectivity index (χ1n) is 7.97. The number of ether oxygens (including phenoxy) is 1. The number of furan rings is 1. The molecule has 0 unspecified atom stereocenters. The van der Waals surface area contributed by atoms with Crippen LogP contribution in [0.2, 0.25) is 0 Å². The number of rotatable bonds is 4. The highest BCUT2D eigenvalue weighted by molar-refractivity contribution is 5.81. The van der Waals surface area contributed by atoms with Gasteiger partial charge in [0.25, 0.3) is 0 Å². The predicted molar refractivity (Wildman–Crippen MR) is 76.5 cm³/mol. The number of carbonyl (C=O) groups is 1. The van der Waals surface area contributed by atoms with Gasteiger partial charge >= 0.3 is 0 Å². The predicted octanol–water partition coefficient (Wildman–Crippen LogP) is 1.54. The molecule has 3 atom stereocenters. The zero-order chi connectivity index (χ0) is 14.2. The topological polar surface area (TPSA) is 54.7 Å². The molecule has 1 aromatic rings. The minimum atomic E-state index is -0.227. The molecule has 1 saturated carbocycles. The van der Waals surface area contributed by atoms with Gasteiger partial charge in [-0.3, -0.25) is 9.69 Å². The summed E-state index contributed by atoms with van der Waals surface area (Å²) in [5, 5.41) is 3.06. The average molecular weight is 290 g/mol. The third-order valence-electron chi connectivity index (χ3n) is 4.84. The highest BCUT2D eigenvalue weighted by Gasteiger charge is 2.42. The highest BCUT2D eigenvalue weighted by atomic mass is 16.5. The van der Waals surface area contributed by atoms with Gasteiger partial charge in [-0.15, -0.1) is 0 Å². The molecule has 4 rings (SSSR count). The molecular formula is C16H22N2O3. The van der Waals surface area contributed by atoms with Crippen LogP contribution in [-0.2, 0) is 16.1 Å². The summed E-state index contributed by atoms with van der Waals surface area (Å²) in [7, 11) is 0. The SMILES string of the molecule is O=C(NC1CC1)[C@@H]1C[C@H]2CCN(Cc3ccoc3)C[C@@H]2O1. The van der Waals surface area contributed by atoms with Crippen molar-refractivity contribution in [2.45, 2.75) is 50.5 Å². The van der Waals surface area contributed by atoms with Crippen molar-refractivity contribution in [3.05, 3.63) is 24.2 Å². The first-order chi connectivity index (χ1) is 10.3. The van der Waals surface area contributed by atoms with Gasteiger partial charge in [0.2, 0.25) is 5.91 Å². The lowest BCUT2D eigenvalue weighted by Crippen LogP contribution is -2.42. The van der Waals surface area contributed by atoms with Gasteiger partial charge in [-0.2, -0.15) is 0 Å². The Bertz CT molecular complexity index is 498. The van der Waals surface area contributed by atoms with E-state index in [1.807, 2.05) is 6.07 Å². The van der Waals surface area contributed by atoms with Crippen LogP contribution in [0.5, 0.6) is 0 Å². The summed E-state index contributed by atoms with van der Waals surface area (Å²) in [6.07, 6.45) is 7.77. The number of amides is 1. The van der Waals surface area contributed by atoms with Crippen LogP contribution < -0.4 is 5.32 Å². The maximum atomic E-state index is 12.1. The Morgan fingerprint density at radius 3 is 3.05 bits per heavy atom. The van der Waals surface area contributed by atoms with Crippen molar-refractivity contribution in [2.75, 3.05) is 13.1 Å². The lowest BCUT2D eigenvalue weighted by atomic mass is 9.91. The van der Waals surface area contributed by atoms with Gasteiger partial charge in [0, 0.05) is 24.7 Å². The molecule has 0 radical (unpaired) electrons. The molecule has 0 aromatic carbocycles. The maximum Gasteiger partial charge on any atom is 0.249 e. The van der Waals surface area contributed by atoms with Gasteiger partial charge < -0.3 is 14.5 Å². The zero-order valence-corrected chi connectivity index (χ0v) is 12.2. The van der Waals surface area contributed by atoms with Crippen LogP contribution in [0.25, 0.3) is 0 Å². The molecule has 21 heavy (non-hydrogen) atoms. The van der Waals surface area contributed by atoms with Gasteiger partial charge in [-0.25, -0.2) is 0 Å². The number of nitrogens with one attached hydrogen (secondary N) is 1. The Balaban J connectivity index is 1.32. The first kappa shape index (κ1) is 13.3. The summed E-state index contributed by atoms with van der Waals surface area (Å²) >= 11 is 0. The number of piperidine rings is 1. The molecule has 114 valence electrons.